The van der Waals surface area contributed by atoms with Crippen LogP contribution in [0.3, 0.4) is 0 Å². The minimum Gasteiger partial charge on any atom is -0.314 e. The standard InChI is InChI=1S/C16H32N2S/c1-15(2)9-11-18(13-14-19-15)12-10-16(17-3)7-5-4-6-8-16/h17H,4-14H2,1-3H3. The first-order valence-electron chi connectivity index (χ1n) is 8.11. The molecule has 1 aliphatic carbocycles. The van der Waals surface area contributed by atoms with Crippen molar-refractivity contribution in [2.24, 2.45) is 0 Å². The number of hydrogen-bond acceptors (Lipinski definition) is 3. The highest BCUT2D eigenvalue weighted by Gasteiger charge is 2.31. The van der Waals surface area contributed by atoms with Crippen LogP contribution in [0, 0.1) is 0 Å². The molecule has 1 N–H and O–H groups in total. The van der Waals surface area contributed by atoms with Crippen LogP contribution in [0.2, 0.25) is 0 Å². The van der Waals surface area contributed by atoms with Crippen molar-refractivity contribution in [2.45, 2.75) is 69.1 Å². The van der Waals surface area contributed by atoms with Crippen molar-refractivity contribution < 1.29 is 0 Å². The number of thioether (sulfide) groups is 1. The van der Waals surface area contributed by atoms with Crippen molar-refractivity contribution in [1.82, 2.24) is 10.2 Å². The lowest BCUT2D eigenvalue weighted by molar-refractivity contribution is 0.185. The van der Waals surface area contributed by atoms with Gasteiger partial charge in [-0.3, -0.25) is 0 Å². The van der Waals surface area contributed by atoms with Crippen LogP contribution in [0.25, 0.3) is 0 Å². The first kappa shape index (κ1) is 15.7. The zero-order chi connectivity index (χ0) is 13.8. The van der Waals surface area contributed by atoms with Crippen LogP contribution < -0.4 is 5.32 Å². The van der Waals surface area contributed by atoms with Gasteiger partial charge in [0.05, 0.1) is 0 Å². The fourth-order valence-electron chi connectivity index (χ4n) is 3.51. The van der Waals surface area contributed by atoms with Gasteiger partial charge in [-0.2, -0.15) is 11.8 Å². The predicted octanol–water partition coefficient (Wildman–Crippen LogP) is 3.52. The molecule has 1 heterocycles. The molecule has 112 valence electrons. The van der Waals surface area contributed by atoms with Crippen molar-refractivity contribution in [3.63, 3.8) is 0 Å². The Bertz CT molecular complexity index is 272. The average molecular weight is 285 g/mol. The summed E-state index contributed by atoms with van der Waals surface area (Å²) in [7, 11) is 2.17. The molecule has 0 amide bonds. The summed E-state index contributed by atoms with van der Waals surface area (Å²) in [6.07, 6.45) is 9.74. The molecule has 0 aromatic heterocycles. The quantitative estimate of drug-likeness (QED) is 0.850. The van der Waals surface area contributed by atoms with Crippen molar-refractivity contribution in [2.75, 3.05) is 32.4 Å². The normalized spacial score (nSPS) is 27.9. The van der Waals surface area contributed by atoms with Crippen LogP contribution in [0.15, 0.2) is 0 Å². The number of hydrogen-bond donors (Lipinski definition) is 1. The number of nitrogens with zero attached hydrogens (tertiary/aromatic N) is 1. The molecule has 2 nitrogen and oxygen atoms in total. The summed E-state index contributed by atoms with van der Waals surface area (Å²) in [6, 6.07) is 0. The third-order valence-corrected chi connectivity index (χ3v) is 6.55. The number of nitrogens with one attached hydrogen (secondary N) is 1. The van der Waals surface area contributed by atoms with Crippen LogP contribution in [0.5, 0.6) is 0 Å². The monoisotopic (exact) mass is 284 g/mol. The van der Waals surface area contributed by atoms with E-state index in [0.717, 1.165) is 0 Å². The van der Waals surface area contributed by atoms with Gasteiger partial charge < -0.3 is 10.2 Å². The second-order valence-electron chi connectivity index (χ2n) is 7.04. The van der Waals surface area contributed by atoms with E-state index in [1.165, 1.54) is 70.3 Å². The van der Waals surface area contributed by atoms with Crippen molar-refractivity contribution >= 4 is 11.8 Å². The molecule has 0 atom stereocenters. The minimum atomic E-state index is 0.452. The van der Waals surface area contributed by atoms with Gasteiger partial charge in [0.15, 0.2) is 0 Å². The zero-order valence-corrected chi connectivity index (χ0v) is 14.0. The third kappa shape index (κ3) is 4.64. The second kappa shape index (κ2) is 6.82. The van der Waals surface area contributed by atoms with Crippen LogP contribution in [0.1, 0.15) is 58.8 Å². The van der Waals surface area contributed by atoms with E-state index in [-0.39, 0.29) is 0 Å². The second-order valence-corrected chi connectivity index (χ2v) is 8.84. The molecule has 0 unspecified atom stereocenters. The Labute approximate surface area is 124 Å². The van der Waals surface area contributed by atoms with Crippen LogP contribution >= 0.6 is 11.8 Å². The topological polar surface area (TPSA) is 15.3 Å². The SMILES string of the molecule is CNC1(CCN2CCSC(C)(C)CC2)CCCCC1. The molecule has 1 aliphatic heterocycles. The van der Waals surface area contributed by atoms with E-state index in [2.05, 4.69) is 42.9 Å². The molecule has 2 rings (SSSR count). The van der Waals surface area contributed by atoms with Gasteiger partial charge in [0.1, 0.15) is 0 Å². The first-order valence-corrected chi connectivity index (χ1v) is 9.09. The molecule has 0 radical (unpaired) electrons. The van der Waals surface area contributed by atoms with Gasteiger partial charge in [-0.15, -0.1) is 0 Å². The van der Waals surface area contributed by atoms with Gasteiger partial charge in [-0.1, -0.05) is 33.1 Å². The molecule has 3 heteroatoms. The van der Waals surface area contributed by atoms with E-state index < -0.39 is 0 Å². The summed E-state index contributed by atoms with van der Waals surface area (Å²) >= 11 is 2.15. The maximum atomic E-state index is 3.66. The minimum absolute atomic E-state index is 0.452. The molecule has 2 fully saturated rings. The Kier molecular flexibility index (Phi) is 5.62. The Morgan fingerprint density at radius 3 is 2.47 bits per heavy atom. The fraction of sp³-hybridized carbons (Fsp3) is 1.00. The van der Waals surface area contributed by atoms with E-state index >= 15 is 0 Å². The van der Waals surface area contributed by atoms with Crippen molar-refractivity contribution in [3.8, 4) is 0 Å². The Morgan fingerprint density at radius 1 is 1.05 bits per heavy atom. The van der Waals surface area contributed by atoms with E-state index in [9.17, 15) is 0 Å². The van der Waals surface area contributed by atoms with Crippen molar-refractivity contribution in [3.05, 3.63) is 0 Å². The Hall–Kier alpha value is 0.270. The van der Waals surface area contributed by atoms with Gasteiger partial charge in [-0.05, 0) is 45.8 Å². The van der Waals surface area contributed by atoms with Gasteiger partial charge in [0, 0.05) is 22.6 Å². The highest BCUT2D eigenvalue weighted by molar-refractivity contribution is 8.00. The molecule has 1 saturated heterocycles. The van der Waals surface area contributed by atoms with Gasteiger partial charge in [-0.25, -0.2) is 0 Å². The van der Waals surface area contributed by atoms with E-state index in [4.69, 9.17) is 0 Å². The Balaban J connectivity index is 1.80. The lowest BCUT2D eigenvalue weighted by Gasteiger charge is -2.38. The zero-order valence-electron chi connectivity index (χ0n) is 13.1. The molecule has 0 bridgehead atoms. The van der Waals surface area contributed by atoms with E-state index in [1.807, 2.05) is 0 Å². The number of rotatable bonds is 4. The molecule has 19 heavy (non-hydrogen) atoms. The summed E-state index contributed by atoms with van der Waals surface area (Å²) in [5.41, 5.74) is 0.452. The first-order chi connectivity index (χ1) is 9.05. The summed E-state index contributed by atoms with van der Waals surface area (Å²) < 4.78 is 0.486. The lowest BCUT2D eigenvalue weighted by atomic mass is 9.79. The molecule has 1 saturated carbocycles. The highest BCUT2D eigenvalue weighted by atomic mass is 32.2. The maximum Gasteiger partial charge on any atom is 0.0190 e. The third-order valence-electron chi connectivity index (χ3n) is 5.18. The average Bonchev–Trinajstić information content (AvgIpc) is 2.59. The molecular formula is C16H32N2S. The van der Waals surface area contributed by atoms with Gasteiger partial charge >= 0.3 is 0 Å². The predicted molar refractivity (Wildman–Crippen MR) is 87.1 cm³/mol. The van der Waals surface area contributed by atoms with Crippen LogP contribution in [-0.4, -0.2) is 47.6 Å². The summed E-state index contributed by atoms with van der Waals surface area (Å²) in [4.78, 5) is 2.70. The summed E-state index contributed by atoms with van der Waals surface area (Å²) in [6.45, 7) is 8.67. The summed E-state index contributed by atoms with van der Waals surface area (Å²) in [5, 5.41) is 3.66. The summed E-state index contributed by atoms with van der Waals surface area (Å²) in [5.74, 6) is 1.31. The molecule has 2 aliphatic rings. The molecular weight excluding hydrogens is 252 g/mol. The van der Waals surface area contributed by atoms with Gasteiger partial charge in [0.2, 0.25) is 0 Å². The smallest absolute Gasteiger partial charge is 0.0190 e. The molecule has 0 spiro atoms. The fourth-order valence-corrected chi connectivity index (χ4v) is 4.65. The van der Waals surface area contributed by atoms with Crippen LogP contribution in [-0.2, 0) is 0 Å². The Morgan fingerprint density at radius 2 is 1.79 bits per heavy atom. The molecule has 0 aromatic carbocycles. The molecule has 0 aromatic rings. The largest absolute Gasteiger partial charge is 0.314 e. The lowest BCUT2D eigenvalue weighted by Crippen LogP contribution is -2.47. The van der Waals surface area contributed by atoms with E-state index in [0.29, 0.717) is 10.3 Å². The maximum absolute atomic E-state index is 3.66. The van der Waals surface area contributed by atoms with Gasteiger partial charge in [0.25, 0.3) is 0 Å². The highest BCUT2D eigenvalue weighted by Crippen LogP contribution is 2.33. The van der Waals surface area contributed by atoms with Crippen molar-refractivity contribution in [1.29, 1.82) is 0 Å². The van der Waals surface area contributed by atoms with Crippen LogP contribution in [0.4, 0.5) is 0 Å². The van der Waals surface area contributed by atoms with E-state index in [1.54, 1.807) is 0 Å².